The molecule has 0 spiro atoms. The van der Waals surface area contributed by atoms with Gasteiger partial charge in [-0.2, -0.15) is 0 Å². The molecule has 1 amide bonds. The average molecular weight is 347 g/mol. The van der Waals surface area contributed by atoms with Crippen molar-refractivity contribution >= 4 is 11.6 Å². The van der Waals surface area contributed by atoms with E-state index in [0.717, 1.165) is 55.1 Å². The molecule has 2 aromatic rings. The van der Waals surface area contributed by atoms with E-state index in [1.54, 1.807) is 6.07 Å². The molecule has 1 N–H and O–H groups in total. The molecule has 2 aromatic carbocycles. The van der Waals surface area contributed by atoms with Crippen LogP contribution in [0.5, 0.6) is 0 Å². The number of para-hydroxylation sites is 1. The third kappa shape index (κ3) is 4.32. The van der Waals surface area contributed by atoms with Crippen LogP contribution in [0.25, 0.3) is 0 Å². The van der Waals surface area contributed by atoms with Gasteiger partial charge in [-0.15, -0.1) is 6.42 Å². The molecule has 1 heterocycles. The van der Waals surface area contributed by atoms with E-state index in [1.807, 2.05) is 37.3 Å². The maximum Gasteiger partial charge on any atom is 0.255 e. The van der Waals surface area contributed by atoms with Gasteiger partial charge in [0.2, 0.25) is 0 Å². The summed E-state index contributed by atoms with van der Waals surface area (Å²) in [5.74, 6) is 2.50. The maximum absolute atomic E-state index is 12.7. The van der Waals surface area contributed by atoms with Crippen molar-refractivity contribution < 1.29 is 4.79 Å². The number of nitrogens with one attached hydrogen (secondary N) is 1. The molecule has 1 fully saturated rings. The van der Waals surface area contributed by atoms with Gasteiger partial charge in [0, 0.05) is 49.5 Å². The number of terminal acetylenes is 1. The number of carbonyl (C=O) groups excluding carboxylic acids is 1. The van der Waals surface area contributed by atoms with Crippen LogP contribution in [0.3, 0.4) is 0 Å². The van der Waals surface area contributed by atoms with E-state index in [2.05, 4.69) is 34.2 Å². The van der Waals surface area contributed by atoms with Crippen LogP contribution in [-0.2, 0) is 6.54 Å². The zero-order chi connectivity index (χ0) is 18.5. The van der Waals surface area contributed by atoms with Gasteiger partial charge in [-0.25, -0.2) is 0 Å². The van der Waals surface area contributed by atoms with Gasteiger partial charge in [-0.05, 0) is 43.3 Å². The number of hydrogen-bond acceptors (Lipinski definition) is 3. The molecule has 0 saturated carbocycles. The Morgan fingerprint density at radius 3 is 2.62 bits per heavy atom. The van der Waals surface area contributed by atoms with Gasteiger partial charge in [0.1, 0.15) is 0 Å². The van der Waals surface area contributed by atoms with Gasteiger partial charge in [0.25, 0.3) is 5.91 Å². The summed E-state index contributed by atoms with van der Waals surface area (Å²) in [4.78, 5) is 17.4. The van der Waals surface area contributed by atoms with Crippen LogP contribution in [0.2, 0.25) is 0 Å². The third-order valence-electron chi connectivity index (χ3n) is 4.91. The van der Waals surface area contributed by atoms with Crippen molar-refractivity contribution in [2.45, 2.75) is 13.5 Å². The van der Waals surface area contributed by atoms with E-state index in [9.17, 15) is 4.79 Å². The molecular weight excluding hydrogens is 322 g/mol. The van der Waals surface area contributed by atoms with Crippen LogP contribution in [-0.4, -0.2) is 48.9 Å². The number of hydrogen-bond donors (Lipinski definition) is 1. The van der Waals surface area contributed by atoms with Crippen LogP contribution in [0, 0.1) is 19.3 Å². The number of piperazine rings is 1. The van der Waals surface area contributed by atoms with Crippen molar-refractivity contribution in [3.63, 3.8) is 0 Å². The highest BCUT2D eigenvalue weighted by molar-refractivity contribution is 6.04. The smallest absolute Gasteiger partial charge is 0.255 e. The second-order valence-corrected chi connectivity index (χ2v) is 6.86. The summed E-state index contributed by atoms with van der Waals surface area (Å²) < 4.78 is 0. The van der Waals surface area contributed by atoms with E-state index in [0.29, 0.717) is 5.56 Å². The minimum Gasteiger partial charge on any atom is -0.322 e. The summed E-state index contributed by atoms with van der Waals surface area (Å²) in [6, 6.07) is 13.5. The molecule has 0 aliphatic carbocycles. The Hall–Kier alpha value is -2.61. The molecule has 0 aromatic heterocycles. The summed E-state index contributed by atoms with van der Waals surface area (Å²) in [5.41, 5.74) is 4.33. The van der Waals surface area contributed by atoms with E-state index >= 15 is 0 Å². The highest BCUT2D eigenvalue weighted by atomic mass is 16.1. The first-order chi connectivity index (χ1) is 12.6. The number of carbonyl (C=O) groups is 1. The summed E-state index contributed by atoms with van der Waals surface area (Å²) in [7, 11) is 2.15. The second-order valence-electron chi connectivity index (χ2n) is 6.86. The highest BCUT2D eigenvalue weighted by Gasteiger charge is 2.16. The summed E-state index contributed by atoms with van der Waals surface area (Å²) >= 11 is 0. The van der Waals surface area contributed by atoms with Crippen molar-refractivity contribution in [3.05, 3.63) is 64.7 Å². The Bertz CT molecular complexity index is 830. The fourth-order valence-corrected chi connectivity index (χ4v) is 3.14. The van der Waals surface area contributed by atoms with Crippen LogP contribution in [0.15, 0.2) is 42.5 Å². The number of nitrogens with zero attached hydrogens (tertiary/aromatic N) is 2. The molecule has 3 rings (SSSR count). The molecule has 1 aliphatic rings. The van der Waals surface area contributed by atoms with E-state index < -0.39 is 0 Å². The zero-order valence-corrected chi connectivity index (χ0v) is 15.5. The van der Waals surface area contributed by atoms with Crippen molar-refractivity contribution in [2.24, 2.45) is 0 Å². The van der Waals surface area contributed by atoms with Gasteiger partial charge in [0.05, 0.1) is 0 Å². The van der Waals surface area contributed by atoms with Crippen LogP contribution in [0.4, 0.5) is 5.69 Å². The summed E-state index contributed by atoms with van der Waals surface area (Å²) in [5, 5.41) is 3.05. The summed E-state index contributed by atoms with van der Waals surface area (Å²) in [6.07, 6.45) is 5.52. The first-order valence-electron chi connectivity index (χ1n) is 8.94. The largest absolute Gasteiger partial charge is 0.322 e. The Kier molecular flexibility index (Phi) is 5.72. The lowest BCUT2D eigenvalue weighted by Crippen LogP contribution is -2.43. The molecule has 134 valence electrons. The monoisotopic (exact) mass is 347 g/mol. The Morgan fingerprint density at radius 2 is 1.88 bits per heavy atom. The van der Waals surface area contributed by atoms with E-state index in [4.69, 9.17) is 6.42 Å². The molecule has 4 nitrogen and oxygen atoms in total. The predicted molar refractivity (Wildman–Crippen MR) is 106 cm³/mol. The summed E-state index contributed by atoms with van der Waals surface area (Å²) in [6.45, 7) is 7.03. The Balaban J connectivity index is 1.74. The van der Waals surface area contributed by atoms with Crippen LogP contribution in [0.1, 0.15) is 27.0 Å². The number of anilines is 1. The molecule has 0 atom stereocenters. The standard InChI is InChI=1S/C22H25N3O/c1-4-18-15-19(10-9-17(18)2)22(26)23-21-8-6-5-7-20(21)16-25-13-11-24(3)12-14-25/h1,5-10,15H,11-14,16H2,2-3H3,(H,23,26). The lowest BCUT2D eigenvalue weighted by molar-refractivity contribution is 0.102. The molecule has 0 bridgehead atoms. The first-order valence-corrected chi connectivity index (χ1v) is 8.94. The third-order valence-corrected chi connectivity index (χ3v) is 4.91. The van der Waals surface area contributed by atoms with Crippen LogP contribution < -0.4 is 5.32 Å². The normalized spacial score (nSPS) is 15.4. The number of likely N-dealkylation sites (N-methyl/N-ethyl adjacent to an activating group) is 1. The van der Waals surface area contributed by atoms with Crippen molar-refractivity contribution in [1.82, 2.24) is 9.80 Å². The first kappa shape index (κ1) is 18.2. The number of amides is 1. The van der Waals surface area contributed by atoms with Gasteiger partial charge in [-0.3, -0.25) is 9.69 Å². The Morgan fingerprint density at radius 1 is 1.15 bits per heavy atom. The molecule has 1 aliphatic heterocycles. The zero-order valence-electron chi connectivity index (χ0n) is 15.5. The van der Waals surface area contributed by atoms with Crippen molar-refractivity contribution in [1.29, 1.82) is 0 Å². The predicted octanol–water partition coefficient (Wildman–Crippen LogP) is 2.98. The van der Waals surface area contributed by atoms with Crippen molar-refractivity contribution in [2.75, 3.05) is 38.5 Å². The fraction of sp³-hybridized carbons (Fsp3) is 0.318. The SMILES string of the molecule is C#Cc1cc(C(=O)Nc2ccccc2CN2CCN(C)CC2)ccc1C. The number of benzene rings is 2. The second kappa shape index (κ2) is 8.18. The van der Waals surface area contributed by atoms with Gasteiger partial charge in [0.15, 0.2) is 0 Å². The van der Waals surface area contributed by atoms with E-state index in [1.165, 1.54) is 0 Å². The molecule has 4 heteroatoms. The molecular formula is C22H25N3O. The number of rotatable bonds is 4. The minimum atomic E-state index is -0.132. The van der Waals surface area contributed by atoms with Crippen LogP contribution >= 0.6 is 0 Å². The topological polar surface area (TPSA) is 35.6 Å². The molecule has 26 heavy (non-hydrogen) atoms. The number of aryl methyl sites for hydroxylation is 1. The minimum absolute atomic E-state index is 0.132. The average Bonchev–Trinajstić information content (AvgIpc) is 2.65. The van der Waals surface area contributed by atoms with Crippen molar-refractivity contribution in [3.8, 4) is 12.3 Å². The Labute approximate surface area is 155 Å². The van der Waals surface area contributed by atoms with Gasteiger partial charge in [-0.1, -0.05) is 30.2 Å². The molecule has 1 saturated heterocycles. The highest BCUT2D eigenvalue weighted by Crippen LogP contribution is 2.20. The van der Waals surface area contributed by atoms with Gasteiger partial charge < -0.3 is 10.2 Å². The van der Waals surface area contributed by atoms with E-state index in [-0.39, 0.29) is 5.91 Å². The molecule has 0 radical (unpaired) electrons. The van der Waals surface area contributed by atoms with Gasteiger partial charge >= 0.3 is 0 Å². The maximum atomic E-state index is 12.7. The lowest BCUT2D eigenvalue weighted by Gasteiger charge is -2.32. The fourth-order valence-electron chi connectivity index (χ4n) is 3.14. The quantitative estimate of drug-likeness (QED) is 0.864. The lowest BCUT2D eigenvalue weighted by atomic mass is 10.0. The molecule has 0 unspecified atom stereocenters.